The van der Waals surface area contributed by atoms with E-state index in [4.69, 9.17) is 0 Å². The third-order valence-electron chi connectivity index (χ3n) is 2.73. The summed E-state index contributed by atoms with van der Waals surface area (Å²) in [7, 11) is 0. The molecule has 2 aromatic rings. The van der Waals surface area contributed by atoms with E-state index in [1.165, 1.54) is 0 Å². The van der Waals surface area contributed by atoms with E-state index in [9.17, 15) is 4.79 Å². The normalized spacial score (nSPS) is 10.5. The predicted octanol–water partition coefficient (Wildman–Crippen LogP) is 2.75. The van der Waals surface area contributed by atoms with Gasteiger partial charge in [0, 0.05) is 18.2 Å². The first-order valence-electron chi connectivity index (χ1n) is 5.78. The van der Waals surface area contributed by atoms with Crippen LogP contribution in [0, 0.1) is 13.8 Å². The van der Waals surface area contributed by atoms with Crippen LogP contribution in [0.4, 0.5) is 0 Å². The van der Waals surface area contributed by atoms with Crippen LogP contribution in [0.3, 0.4) is 0 Å². The number of aromatic nitrogens is 2. The molecule has 0 N–H and O–H groups in total. The number of hydrogen-bond donors (Lipinski definition) is 0. The maximum Gasteiger partial charge on any atom is 0.263 e. The molecule has 0 amide bonds. The van der Waals surface area contributed by atoms with Crippen molar-refractivity contribution in [3.63, 3.8) is 0 Å². The van der Waals surface area contributed by atoms with Crippen LogP contribution in [-0.2, 0) is 6.42 Å². The highest BCUT2D eigenvalue weighted by Crippen LogP contribution is 2.10. The van der Waals surface area contributed by atoms with E-state index in [1.807, 2.05) is 45.0 Å². The van der Waals surface area contributed by atoms with Crippen molar-refractivity contribution in [2.45, 2.75) is 27.2 Å². The van der Waals surface area contributed by atoms with Gasteiger partial charge in [-0.1, -0.05) is 24.6 Å². The van der Waals surface area contributed by atoms with Crippen molar-refractivity contribution in [2.24, 2.45) is 0 Å². The molecule has 0 radical (unpaired) electrons. The van der Waals surface area contributed by atoms with Gasteiger partial charge in [-0.25, -0.2) is 4.98 Å². The summed E-state index contributed by atoms with van der Waals surface area (Å²) in [6.45, 7) is 5.91. The Morgan fingerprint density at radius 2 is 1.88 bits per heavy atom. The van der Waals surface area contributed by atoms with Crippen LogP contribution in [0.15, 0.2) is 30.5 Å². The van der Waals surface area contributed by atoms with Gasteiger partial charge in [0.1, 0.15) is 5.82 Å². The number of hydrogen-bond acceptors (Lipinski definition) is 2. The molecule has 0 aliphatic heterocycles. The molecule has 3 heteroatoms. The maximum absolute atomic E-state index is 12.3. The fourth-order valence-corrected chi connectivity index (χ4v) is 1.81. The lowest BCUT2D eigenvalue weighted by atomic mass is 10.1. The van der Waals surface area contributed by atoms with Crippen molar-refractivity contribution in [1.82, 2.24) is 9.55 Å². The molecular weight excluding hydrogens is 212 g/mol. The van der Waals surface area contributed by atoms with Crippen LogP contribution in [-0.4, -0.2) is 15.5 Å². The first-order valence-corrected chi connectivity index (χ1v) is 5.78. The van der Waals surface area contributed by atoms with Crippen LogP contribution in [0.1, 0.15) is 34.4 Å². The highest BCUT2D eigenvalue weighted by Gasteiger charge is 2.12. The SMILES string of the molecule is CCc1nc(C)cn1C(=O)c1ccc(C)cc1. The van der Waals surface area contributed by atoms with Gasteiger partial charge in [0.15, 0.2) is 0 Å². The first kappa shape index (κ1) is 11.6. The summed E-state index contributed by atoms with van der Waals surface area (Å²) in [5.74, 6) is 0.801. The van der Waals surface area contributed by atoms with E-state index in [1.54, 1.807) is 10.8 Å². The summed E-state index contributed by atoms with van der Waals surface area (Å²) in [5.41, 5.74) is 2.73. The van der Waals surface area contributed by atoms with Gasteiger partial charge in [0.05, 0.1) is 5.69 Å². The van der Waals surface area contributed by atoms with Gasteiger partial charge >= 0.3 is 0 Å². The molecule has 0 atom stereocenters. The monoisotopic (exact) mass is 228 g/mol. The summed E-state index contributed by atoms with van der Waals surface area (Å²) in [6.07, 6.45) is 2.55. The Labute approximate surface area is 101 Å². The Kier molecular flexibility index (Phi) is 3.09. The van der Waals surface area contributed by atoms with E-state index >= 15 is 0 Å². The largest absolute Gasteiger partial charge is 0.269 e. The number of aryl methyl sites for hydroxylation is 3. The van der Waals surface area contributed by atoms with Crippen molar-refractivity contribution in [1.29, 1.82) is 0 Å². The van der Waals surface area contributed by atoms with Crippen LogP contribution in [0.2, 0.25) is 0 Å². The first-order chi connectivity index (χ1) is 8.11. The summed E-state index contributed by atoms with van der Waals surface area (Å²) in [4.78, 5) is 16.6. The Morgan fingerprint density at radius 1 is 1.24 bits per heavy atom. The molecule has 0 saturated carbocycles. The number of nitrogens with zero attached hydrogens (tertiary/aromatic N) is 2. The van der Waals surface area contributed by atoms with E-state index in [2.05, 4.69) is 4.98 Å². The number of benzene rings is 1. The average molecular weight is 228 g/mol. The zero-order chi connectivity index (χ0) is 12.4. The average Bonchev–Trinajstić information content (AvgIpc) is 2.70. The number of rotatable bonds is 2. The molecule has 0 saturated heterocycles. The van der Waals surface area contributed by atoms with Crippen LogP contribution in [0.5, 0.6) is 0 Å². The molecule has 1 aromatic heterocycles. The lowest BCUT2D eigenvalue weighted by Gasteiger charge is -2.05. The van der Waals surface area contributed by atoms with Crippen LogP contribution < -0.4 is 0 Å². The lowest BCUT2D eigenvalue weighted by Crippen LogP contribution is -2.14. The number of imidazole rings is 1. The topological polar surface area (TPSA) is 34.9 Å². The van der Waals surface area contributed by atoms with Crippen molar-refractivity contribution in [3.8, 4) is 0 Å². The molecule has 2 rings (SSSR count). The minimum atomic E-state index is -0.0116. The second kappa shape index (κ2) is 4.53. The zero-order valence-corrected chi connectivity index (χ0v) is 10.4. The van der Waals surface area contributed by atoms with Gasteiger partial charge in [-0.05, 0) is 26.0 Å². The van der Waals surface area contributed by atoms with E-state index in [0.717, 1.165) is 23.5 Å². The molecule has 0 bridgehead atoms. The van der Waals surface area contributed by atoms with Gasteiger partial charge in [-0.3, -0.25) is 9.36 Å². The third kappa shape index (κ3) is 2.28. The van der Waals surface area contributed by atoms with Gasteiger partial charge in [-0.15, -0.1) is 0 Å². The van der Waals surface area contributed by atoms with Crippen molar-refractivity contribution >= 4 is 5.91 Å². The van der Waals surface area contributed by atoms with Crippen molar-refractivity contribution in [3.05, 3.63) is 53.1 Å². The minimum Gasteiger partial charge on any atom is -0.269 e. The molecule has 0 unspecified atom stereocenters. The molecular formula is C14H16N2O. The molecule has 88 valence electrons. The fourth-order valence-electron chi connectivity index (χ4n) is 1.81. The summed E-state index contributed by atoms with van der Waals surface area (Å²) in [6, 6.07) is 7.60. The zero-order valence-electron chi connectivity index (χ0n) is 10.4. The van der Waals surface area contributed by atoms with Crippen LogP contribution >= 0.6 is 0 Å². The Balaban J connectivity index is 2.39. The predicted molar refractivity (Wildman–Crippen MR) is 67.2 cm³/mol. The van der Waals surface area contributed by atoms with E-state index in [0.29, 0.717) is 5.56 Å². The van der Waals surface area contributed by atoms with Crippen molar-refractivity contribution in [2.75, 3.05) is 0 Å². The molecule has 1 aromatic carbocycles. The molecule has 1 heterocycles. The number of carbonyl (C=O) groups is 1. The van der Waals surface area contributed by atoms with Crippen molar-refractivity contribution < 1.29 is 4.79 Å². The minimum absolute atomic E-state index is 0.0116. The molecule has 17 heavy (non-hydrogen) atoms. The van der Waals surface area contributed by atoms with Gasteiger partial charge in [0.25, 0.3) is 5.91 Å². The van der Waals surface area contributed by atoms with Gasteiger partial charge in [-0.2, -0.15) is 0 Å². The molecule has 3 nitrogen and oxygen atoms in total. The standard InChI is InChI=1S/C14H16N2O/c1-4-13-15-11(3)9-16(13)14(17)12-7-5-10(2)6-8-12/h5-9H,4H2,1-3H3. The molecule has 0 spiro atoms. The van der Waals surface area contributed by atoms with Gasteiger partial charge < -0.3 is 0 Å². The summed E-state index contributed by atoms with van der Waals surface area (Å²) < 4.78 is 1.64. The molecule has 0 fully saturated rings. The number of carbonyl (C=O) groups excluding carboxylic acids is 1. The van der Waals surface area contributed by atoms with E-state index < -0.39 is 0 Å². The van der Waals surface area contributed by atoms with Crippen LogP contribution in [0.25, 0.3) is 0 Å². The maximum atomic E-state index is 12.3. The Morgan fingerprint density at radius 3 is 2.47 bits per heavy atom. The highest BCUT2D eigenvalue weighted by atomic mass is 16.2. The Hall–Kier alpha value is -1.90. The molecule has 0 aliphatic carbocycles. The van der Waals surface area contributed by atoms with Gasteiger partial charge in [0.2, 0.25) is 0 Å². The highest BCUT2D eigenvalue weighted by molar-refractivity contribution is 5.96. The lowest BCUT2D eigenvalue weighted by molar-refractivity contribution is 0.0956. The summed E-state index contributed by atoms with van der Waals surface area (Å²) in [5, 5.41) is 0. The Bertz CT molecular complexity index is 538. The molecule has 0 aliphatic rings. The summed E-state index contributed by atoms with van der Waals surface area (Å²) >= 11 is 0. The second-order valence-electron chi connectivity index (χ2n) is 4.19. The fraction of sp³-hybridized carbons (Fsp3) is 0.286. The smallest absolute Gasteiger partial charge is 0.263 e. The second-order valence-corrected chi connectivity index (χ2v) is 4.19. The third-order valence-corrected chi connectivity index (χ3v) is 2.73. The quantitative estimate of drug-likeness (QED) is 0.792. The van der Waals surface area contributed by atoms with E-state index in [-0.39, 0.29) is 5.91 Å².